The highest BCUT2D eigenvalue weighted by Gasteiger charge is 2.65. The van der Waals surface area contributed by atoms with Gasteiger partial charge in [0.2, 0.25) is 0 Å². The Hall–Kier alpha value is -1.73. The molecule has 1 saturated carbocycles. The monoisotopic (exact) mass is 408 g/mol. The van der Waals surface area contributed by atoms with Crippen LogP contribution in [-0.4, -0.2) is 53.3 Å². The number of rotatable bonds is 5. The van der Waals surface area contributed by atoms with Crippen molar-refractivity contribution in [1.29, 1.82) is 0 Å². The molecule has 2 aliphatic heterocycles. The molecule has 0 bridgehead atoms. The van der Waals surface area contributed by atoms with Gasteiger partial charge in [0, 0.05) is 18.4 Å². The highest BCUT2D eigenvalue weighted by Crippen LogP contribution is 2.53. The summed E-state index contributed by atoms with van der Waals surface area (Å²) in [7, 11) is 0. The summed E-state index contributed by atoms with van der Waals surface area (Å²) in [6, 6.07) is 0. The van der Waals surface area contributed by atoms with E-state index in [9.17, 15) is 14.4 Å². The Labute approximate surface area is 172 Å². The number of fused-ring (bicyclic) bond motifs is 1. The van der Waals surface area contributed by atoms with Crippen LogP contribution in [0.4, 0.5) is 0 Å². The largest absolute Gasteiger partial charge is 0.463 e. The summed E-state index contributed by atoms with van der Waals surface area (Å²) >= 11 is 0. The Morgan fingerprint density at radius 2 is 1.79 bits per heavy atom. The first kappa shape index (κ1) is 22.0. The van der Waals surface area contributed by atoms with Crippen LogP contribution < -0.4 is 0 Å². The lowest BCUT2D eigenvalue weighted by atomic mass is 9.69. The molecule has 0 N–H and O–H groups in total. The van der Waals surface area contributed by atoms with Crippen LogP contribution in [0.25, 0.3) is 0 Å². The van der Waals surface area contributed by atoms with Crippen molar-refractivity contribution in [2.45, 2.75) is 96.2 Å². The summed E-state index contributed by atoms with van der Waals surface area (Å²) in [4.78, 5) is 36.7. The number of carbonyl (C=O) groups is 3. The van der Waals surface area contributed by atoms with E-state index in [2.05, 4.69) is 0 Å². The minimum Gasteiger partial charge on any atom is -0.463 e. The highest BCUT2D eigenvalue weighted by atomic mass is 16.6. The first-order valence-electron chi connectivity index (χ1n) is 10.3. The minimum atomic E-state index is -1.05. The number of allylic oxidation sites excluding steroid dienone is 1. The van der Waals surface area contributed by atoms with Crippen molar-refractivity contribution in [2.24, 2.45) is 5.92 Å². The molecule has 1 aliphatic carbocycles. The third kappa shape index (κ3) is 4.12. The second-order valence-electron chi connectivity index (χ2n) is 9.22. The van der Waals surface area contributed by atoms with Gasteiger partial charge in [0.25, 0.3) is 0 Å². The summed E-state index contributed by atoms with van der Waals surface area (Å²) in [5.74, 6) is -1.08. The molecule has 3 rings (SSSR count). The van der Waals surface area contributed by atoms with Crippen molar-refractivity contribution in [1.82, 2.24) is 0 Å². The first-order chi connectivity index (χ1) is 13.4. The number of ether oxygens (including phenoxy) is 4. The number of hydrogen-bond acceptors (Lipinski definition) is 7. The van der Waals surface area contributed by atoms with E-state index in [0.717, 1.165) is 6.42 Å². The summed E-state index contributed by atoms with van der Waals surface area (Å²) in [6.45, 7) is 10.4. The van der Waals surface area contributed by atoms with Gasteiger partial charge in [0.15, 0.2) is 5.78 Å². The molecule has 6 atom stereocenters. The quantitative estimate of drug-likeness (QED) is 0.392. The molecule has 0 amide bonds. The zero-order valence-electron chi connectivity index (χ0n) is 18.2. The fourth-order valence-corrected chi connectivity index (χ4v) is 4.66. The van der Waals surface area contributed by atoms with E-state index in [-0.39, 0.29) is 30.0 Å². The highest BCUT2D eigenvalue weighted by molar-refractivity contribution is 5.91. The Kier molecular flexibility index (Phi) is 5.69. The van der Waals surface area contributed by atoms with Crippen LogP contribution in [0.2, 0.25) is 0 Å². The van der Waals surface area contributed by atoms with E-state index in [4.69, 9.17) is 18.9 Å². The van der Waals surface area contributed by atoms with E-state index in [1.165, 1.54) is 6.92 Å². The standard InChI is InChI=1S/C22H32O7/c1-7-13(2)19(25)27-16-9-11-20(4,29-22(16,6)12-26-14(3)23)15-8-10-21(5)18(28-21)17(15)24/h7,15-16,18H,8-12H2,1-6H3/t15-,16-,18-,20-,21+,22-/m0/s1. The van der Waals surface area contributed by atoms with Crippen LogP contribution in [0, 0.1) is 5.92 Å². The van der Waals surface area contributed by atoms with Gasteiger partial charge in [-0.05, 0) is 60.3 Å². The molecule has 7 heteroatoms. The molecule has 2 heterocycles. The Balaban J connectivity index is 1.80. The second-order valence-corrected chi connectivity index (χ2v) is 9.22. The molecule has 29 heavy (non-hydrogen) atoms. The molecular weight excluding hydrogens is 376 g/mol. The van der Waals surface area contributed by atoms with Crippen LogP contribution in [0.3, 0.4) is 0 Å². The van der Waals surface area contributed by atoms with Crippen molar-refractivity contribution in [2.75, 3.05) is 6.61 Å². The SMILES string of the molecule is CC=C(C)C(=O)O[C@H]1CC[C@@](C)([C@H]2CC[C@@]3(C)O[C@H]3C2=O)O[C@@]1(C)COC(C)=O. The molecule has 0 spiro atoms. The van der Waals surface area contributed by atoms with E-state index in [0.29, 0.717) is 24.8 Å². The van der Waals surface area contributed by atoms with Gasteiger partial charge in [0.05, 0.1) is 11.2 Å². The van der Waals surface area contributed by atoms with E-state index in [1.807, 2.05) is 13.8 Å². The zero-order valence-corrected chi connectivity index (χ0v) is 18.2. The second kappa shape index (κ2) is 7.51. The molecule has 3 fully saturated rings. The predicted molar refractivity (Wildman–Crippen MR) is 104 cm³/mol. The topological polar surface area (TPSA) is 91.4 Å². The van der Waals surface area contributed by atoms with Gasteiger partial charge in [-0.2, -0.15) is 0 Å². The molecule has 162 valence electrons. The van der Waals surface area contributed by atoms with Crippen molar-refractivity contribution >= 4 is 17.7 Å². The zero-order chi connectivity index (χ0) is 21.6. The molecule has 2 saturated heterocycles. The first-order valence-corrected chi connectivity index (χ1v) is 10.3. The number of carbonyl (C=O) groups excluding carboxylic acids is 3. The van der Waals surface area contributed by atoms with Crippen LogP contribution >= 0.6 is 0 Å². The van der Waals surface area contributed by atoms with Crippen LogP contribution in [0.5, 0.6) is 0 Å². The number of epoxide rings is 1. The maximum atomic E-state index is 13.0. The maximum Gasteiger partial charge on any atom is 0.333 e. The van der Waals surface area contributed by atoms with Gasteiger partial charge in [-0.3, -0.25) is 9.59 Å². The molecule has 0 aromatic heterocycles. The number of ketones is 1. The normalized spacial score (nSPS) is 42.1. The van der Waals surface area contributed by atoms with Crippen LogP contribution in [0.15, 0.2) is 11.6 Å². The Morgan fingerprint density at radius 3 is 2.41 bits per heavy atom. The molecule has 0 unspecified atom stereocenters. The van der Waals surface area contributed by atoms with Gasteiger partial charge in [-0.15, -0.1) is 0 Å². The number of esters is 2. The molecule has 0 aromatic rings. The lowest BCUT2D eigenvalue weighted by Gasteiger charge is -2.51. The fourth-order valence-electron chi connectivity index (χ4n) is 4.66. The summed E-state index contributed by atoms with van der Waals surface area (Å²) in [5.41, 5.74) is -1.60. The molecule has 0 aromatic carbocycles. The number of Topliss-reactive ketones (excluding diaryl/α,β-unsaturated/α-hetero) is 1. The van der Waals surface area contributed by atoms with Crippen LogP contribution in [0.1, 0.15) is 67.2 Å². The summed E-state index contributed by atoms with van der Waals surface area (Å²) in [6.07, 6.45) is 3.33. The summed E-state index contributed by atoms with van der Waals surface area (Å²) < 4.78 is 23.1. The maximum absolute atomic E-state index is 13.0. The third-order valence-corrected chi connectivity index (χ3v) is 6.77. The molecule has 3 aliphatic rings. The minimum absolute atomic E-state index is 0.0523. The Morgan fingerprint density at radius 1 is 1.14 bits per heavy atom. The lowest BCUT2D eigenvalue weighted by Crippen LogP contribution is -2.61. The molecule has 7 nitrogen and oxygen atoms in total. The summed E-state index contributed by atoms with van der Waals surface area (Å²) in [5, 5.41) is 0. The number of hydrogen-bond donors (Lipinski definition) is 0. The smallest absolute Gasteiger partial charge is 0.333 e. The van der Waals surface area contributed by atoms with Crippen LogP contribution in [-0.2, 0) is 33.3 Å². The Bertz CT molecular complexity index is 743. The van der Waals surface area contributed by atoms with Gasteiger partial charge in [-0.25, -0.2) is 4.79 Å². The fraction of sp³-hybridized carbons (Fsp3) is 0.773. The van der Waals surface area contributed by atoms with Crippen molar-refractivity contribution in [3.8, 4) is 0 Å². The lowest BCUT2D eigenvalue weighted by molar-refractivity contribution is -0.258. The van der Waals surface area contributed by atoms with Gasteiger partial charge < -0.3 is 18.9 Å². The van der Waals surface area contributed by atoms with Crippen molar-refractivity contribution in [3.05, 3.63) is 11.6 Å². The van der Waals surface area contributed by atoms with E-state index < -0.39 is 29.2 Å². The van der Waals surface area contributed by atoms with E-state index in [1.54, 1.807) is 26.8 Å². The van der Waals surface area contributed by atoms with Gasteiger partial charge >= 0.3 is 11.9 Å². The predicted octanol–water partition coefficient (Wildman–Crippen LogP) is 2.89. The van der Waals surface area contributed by atoms with E-state index >= 15 is 0 Å². The average molecular weight is 408 g/mol. The van der Waals surface area contributed by atoms with Gasteiger partial charge in [-0.1, -0.05) is 6.08 Å². The van der Waals surface area contributed by atoms with Gasteiger partial charge in [0.1, 0.15) is 24.4 Å². The van der Waals surface area contributed by atoms with Crippen molar-refractivity contribution in [3.63, 3.8) is 0 Å². The van der Waals surface area contributed by atoms with Crippen molar-refractivity contribution < 1.29 is 33.3 Å². The third-order valence-electron chi connectivity index (χ3n) is 6.77. The average Bonchev–Trinajstić information content (AvgIpc) is 3.35. The molecule has 0 radical (unpaired) electrons. The molecular formula is C22H32O7.